The van der Waals surface area contributed by atoms with Crippen LogP contribution in [0.5, 0.6) is 0 Å². The van der Waals surface area contributed by atoms with Crippen LogP contribution in [0.3, 0.4) is 0 Å². The maximum atomic E-state index is 11.9. The van der Waals surface area contributed by atoms with Crippen LogP contribution >= 0.6 is 0 Å². The third-order valence-electron chi connectivity index (χ3n) is 4.45. The van der Waals surface area contributed by atoms with E-state index in [4.69, 9.17) is 4.74 Å². The number of hydrogen-bond acceptors (Lipinski definition) is 4. The summed E-state index contributed by atoms with van der Waals surface area (Å²) in [6.07, 6.45) is 17.5. The zero-order valence-electron chi connectivity index (χ0n) is 14.7. The van der Waals surface area contributed by atoms with Crippen molar-refractivity contribution in [3.05, 3.63) is 12.4 Å². The molecule has 0 fully saturated rings. The maximum Gasteiger partial charge on any atom is 0.368 e. The summed E-state index contributed by atoms with van der Waals surface area (Å²) in [7, 11) is 1.36. The maximum absolute atomic E-state index is 11.9. The Labute approximate surface area is 140 Å². The summed E-state index contributed by atoms with van der Waals surface area (Å²) in [4.78, 5) is 15.8. The lowest BCUT2D eigenvalue weighted by Gasteiger charge is -2.25. The number of unbranched alkanes of at least 4 members (excludes halogenated alkanes) is 9. The van der Waals surface area contributed by atoms with Crippen LogP contribution in [-0.2, 0) is 9.53 Å². The number of carbonyl (C=O) groups excluding carboxylic acids is 1. The number of methoxy groups -OCH3 is 1. The fourth-order valence-corrected chi connectivity index (χ4v) is 2.97. The highest BCUT2D eigenvalue weighted by Crippen LogP contribution is 2.21. The molecular weight excluding hydrogens is 292 g/mol. The van der Waals surface area contributed by atoms with Crippen LogP contribution in [0.1, 0.15) is 77.6 Å². The van der Waals surface area contributed by atoms with Gasteiger partial charge in [-0.05, 0) is 6.42 Å². The van der Waals surface area contributed by atoms with Crippen LogP contribution in [0.4, 0.5) is 0 Å². The number of hydroxylamine groups is 3. The first-order valence-corrected chi connectivity index (χ1v) is 9.04. The molecule has 132 valence electrons. The lowest BCUT2D eigenvalue weighted by Crippen LogP contribution is -2.51. The molecule has 5 heteroatoms. The predicted molar refractivity (Wildman–Crippen MR) is 91.9 cm³/mol. The van der Waals surface area contributed by atoms with Crippen molar-refractivity contribution in [1.82, 2.24) is 0 Å². The first kappa shape index (κ1) is 19.8. The Morgan fingerprint density at radius 2 is 1.65 bits per heavy atom. The van der Waals surface area contributed by atoms with Gasteiger partial charge in [0.05, 0.1) is 13.3 Å². The highest BCUT2D eigenvalue weighted by atomic mass is 16.6. The lowest BCUT2D eigenvalue weighted by atomic mass is 10.0. The zero-order chi connectivity index (χ0) is 17.0. The molecule has 23 heavy (non-hydrogen) atoms. The molecule has 2 unspecified atom stereocenters. The normalized spacial score (nSPS) is 20.8. The summed E-state index contributed by atoms with van der Waals surface area (Å²) in [6, 6.07) is -0.614. The Morgan fingerprint density at radius 3 is 2.13 bits per heavy atom. The van der Waals surface area contributed by atoms with Gasteiger partial charge < -0.3 is 4.74 Å². The van der Waals surface area contributed by atoms with E-state index in [0.29, 0.717) is 6.42 Å². The van der Waals surface area contributed by atoms with E-state index in [1.54, 1.807) is 0 Å². The van der Waals surface area contributed by atoms with E-state index < -0.39 is 10.7 Å². The second-order valence-corrected chi connectivity index (χ2v) is 6.37. The zero-order valence-corrected chi connectivity index (χ0v) is 14.7. The number of esters is 1. The van der Waals surface area contributed by atoms with Gasteiger partial charge in [-0.1, -0.05) is 64.7 Å². The van der Waals surface area contributed by atoms with Crippen molar-refractivity contribution in [3.8, 4) is 0 Å². The van der Waals surface area contributed by atoms with E-state index in [1.165, 1.54) is 77.2 Å². The van der Waals surface area contributed by atoms with E-state index in [0.717, 1.165) is 12.8 Å². The van der Waals surface area contributed by atoms with Crippen molar-refractivity contribution in [2.24, 2.45) is 4.99 Å². The Bertz CT molecular complexity index is 382. The summed E-state index contributed by atoms with van der Waals surface area (Å²) in [6.45, 7) is 2.24. The average molecular weight is 325 g/mol. The van der Waals surface area contributed by atoms with Crippen molar-refractivity contribution >= 4 is 12.3 Å². The van der Waals surface area contributed by atoms with Gasteiger partial charge in [0.25, 0.3) is 0 Å². The molecule has 0 spiro atoms. The third kappa shape index (κ3) is 7.27. The molecule has 0 saturated carbocycles. The number of quaternary nitrogens is 1. The van der Waals surface area contributed by atoms with Crippen LogP contribution in [0, 0.1) is 0 Å². The molecule has 2 atom stereocenters. The van der Waals surface area contributed by atoms with Gasteiger partial charge in [-0.3, -0.25) is 0 Å². The summed E-state index contributed by atoms with van der Waals surface area (Å²) in [5, 5.41) is 10.4. The van der Waals surface area contributed by atoms with Crippen LogP contribution in [-0.4, -0.2) is 35.3 Å². The predicted octanol–water partition coefficient (Wildman–Crippen LogP) is 4.56. The van der Waals surface area contributed by atoms with Crippen molar-refractivity contribution in [1.29, 1.82) is 0 Å². The van der Waals surface area contributed by atoms with Crippen LogP contribution in [0.15, 0.2) is 17.4 Å². The second kappa shape index (κ2) is 11.4. The number of aliphatic imine (C=N–C) groups is 1. The largest absolute Gasteiger partial charge is 0.465 e. The molecule has 0 bridgehead atoms. The molecule has 1 N–H and O–H groups in total. The third-order valence-corrected chi connectivity index (χ3v) is 4.45. The Hall–Kier alpha value is -1.20. The topological polar surface area (TPSA) is 58.9 Å². The SMILES string of the molecule is CCCCCCCCCCCCC(C(=O)OC)[N+]1(O)C=CN=C1. The number of nitrogens with zero attached hydrogens (tertiary/aromatic N) is 2. The van der Waals surface area contributed by atoms with Gasteiger partial charge in [0.2, 0.25) is 12.4 Å². The van der Waals surface area contributed by atoms with E-state index >= 15 is 0 Å². The molecular formula is C18H33N2O3+. The molecule has 1 heterocycles. The highest BCUT2D eigenvalue weighted by Gasteiger charge is 2.41. The summed E-state index contributed by atoms with van der Waals surface area (Å²) in [5.41, 5.74) is 0. The molecule has 1 aliphatic rings. The van der Waals surface area contributed by atoms with Crippen molar-refractivity contribution in [3.63, 3.8) is 0 Å². The molecule has 0 radical (unpaired) electrons. The molecule has 0 aromatic carbocycles. The molecule has 0 saturated heterocycles. The number of carbonyl (C=O) groups is 1. The monoisotopic (exact) mass is 325 g/mol. The number of rotatable bonds is 13. The fraction of sp³-hybridized carbons (Fsp3) is 0.778. The van der Waals surface area contributed by atoms with Crippen molar-refractivity contribution in [2.75, 3.05) is 7.11 Å². The molecule has 0 aromatic rings. The van der Waals surface area contributed by atoms with Gasteiger partial charge in [0.15, 0.2) is 6.20 Å². The fourth-order valence-electron chi connectivity index (χ4n) is 2.97. The minimum absolute atomic E-state index is 0.388. The van der Waals surface area contributed by atoms with Gasteiger partial charge in [-0.25, -0.2) is 15.0 Å². The molecule has 1 aliphatic heterocycles. The lowest BCUT2D eigenvalue weighted by molar-refractivity contribution is -0.996. The quantitative estimate of drug-likeness (QED) is 0.307. The van der Waals surface area contributed by atoms with E-state index in [9.17, 15) is 10.0 Å². The standard InChI is InChI=1S/C18H33N2O3/c1-3-4-5-6-7-8-9-10-11-12-13-17(18(21)23-2)20(22)15-14-19-16-20/h14-17,22H,3-13H2,1-2H3/q+1. The van der Waals surface area contributed by atoms with Gasteiger partial charge in [0, 0.05) is 6.42 Å². The van der Waals surface area contributed by atoms with Gasteiger partial charge in [-0.2, -0.15) is 0 Å². The Kier molecular flexibility index (Phi) is 9.80. The molecule has 0 aliphatic carbocycles. The second-order valence-electron chi connectivity index (χ2n) is 6.37. The smallest absolute Gasteiger partial charge is 0.368 e. The summed E-state index contributed by atoms with van der Waals surface area (Å²) in [5.74, 6) is -0.388. The molecule has 1 rings (SSSR count). The van der Waals surface area contributed by atoms with Gasteiger partial charge >= 0.3 is 5.97 Å². The van der Waals surface area contributed by atoms with Gasteiger partial charge in [0.1, 0.15) is 0 Å². The van der Waals surface area contributed by atoms with Crippen LogP contribution < -0.4 is 0 Å². The highest BCUT2D eigenvalue weighted by molar-refractivity contribution is 5.76. The van der Waals surface area contributed by atoms with E-state index in [1.807, 2.05) is 0 Å². The Morgan fingerprint density at radius 1 is 1.09 bits per heavy atom. The van der Waals surface area contributed by atoms with Crippen molar-refractivity contribution < 1.29 is 19.4 Å². The molecule has 0 aromatic heterocycles. The molecule has 5 nitrogen and oxygen atoms in total. The van der Waals surface area contributed by atoms with Crippen LogP contribution in [0.25, 0.3) is 0 Å². The summed E-state index contributed by atoms with van der Waals surface area (Å²) < 4.78 is 4.26. The number of ether oxygens (including phenoxy) is 1. The number of hydrogen-bond donors (Lipinski definition) is 1. The summed E-state index contributed by atoms with van der Waals surface area (Å²) >= 11 is 0. The molecule has 0 amide bonds. The van der Waals surface area contributed by atoms with E-state index in [-0.39, 0.29) is 5.97 Å². The van der Waals surface area contributed by atoms with E-state index in [2.05, 4.69) is 11.9 Å². The average Bonchev–Trinajstić information content (AvgIpc) is 2.99. The minimum atomic E-state index is -0.614. The first-order chi connectivity index (χ1) is 11.1. The van der Waals surface area contributed by atoms with Crippen LogP contribution in [0.2, 0.25) is 0 Å². The first-order valence-electron chi connectivity index (χ1n) is 9.04. The minimum Gasteiger partial charge on any atom is -0.465 e. The Balaban J connectivity index is 2.15. The van der Waals surface area contributed by atoms with Gasteiger partial charge in [-0.15, -0.1) is 4.65 Å². The van der Waals surface area contributed by atoms with Crippen molar-refractivity contribution in [2.45, 2.75) is 83.6 Å².